The van der Waals surface area contributed by atoms with E-state index in [0.29, 0.717) is 0 Å². The van der Waals surface area contributed by atoms with Gasteiger partial charge in [0.2, 0.25) is 0 Å². The van der Waals surface area contributed by atoms with E-state index < -0.39 is 0 Å². The van der Waals surface area contributed by atoms with Crippen LogP contribution in [0.2, 0.25) is 0 Å². The number of ether oxygens (including phenoxy) is 2. The quantitative estimate of drug-likeness (QED) is 0.311. The van der Waals surface area contributed by atoms with Crippen molar-refractivity contribution >= 4 is 0 Å². The van der Waals surface area contributed by atoms with Gasteiger partial charge in [0.25, 0.3) is 0 Å². The van der Waals surface area contributed by atoms with Crippen molar-refractivity contribution in [2.24, 2.45) is 0 Å². The van der Waals surface area contributed by atoms with Crippen LogP contribution in [0.4, 0.5) is 0 Å². The van der Waals surface area contributed by atoms with Gasteiger partial charge in [-0.1, -0.05) is 37.8 Å². The molecule has 0 aromatic heterocycles. The molecule has 0 spiro atoms. The number of aliphatic hydroxyl groups is 1. The van der Waals surface area contributed by atoms with Crippen molar-refractivity contribution in [1.29, 1.82) is 0 Å². The molecule has 0 fully saturated rings. The first kappa shape index (κ1) is 17.6. The van der Waals surface area contributed by atoms with Crippen molar-refractivity contribution in [2.45, 2.75) is 64.1 Å². The Morgan fingerprint density at radius 1 is 0.833 bits per heavy atom. The van der Waals surface area contributed by atoms with Gasteiger partial charge >= 0.3 is 0 Å². The number of hydrogen-bond acceptors (Lipinski definition) is 3. The highest BCUT2D eigenvalue weighted by atomic mass is 16.7. The lowest BCUT2D eigenvalue weighted by atomic mass is 10.1. The molecule has 0 rings (SSSR count). The summed E-state index contributed by atoms with van der Waals surface area (Å²) in [7, 11) is 3.39. The largest absolute Gasteiger partial charge is 0.396 e. The summed E-state index contributed by atoms with van der Waals surface area (Å²) in [6, 6.07) is 0. The van der Waals surface area contributed by atoms with E-state index >= 15 is 0 Å². The zero-order chi connectivity index (χ0) is 13.5. The van der Waals surface area contributed by atoms with E-state index in [1.54, 1.807) is 14.2 Å². The van der Waals surface area contributed by atoms with E-state index in [4.69, 9.17) is 14.6 Å². The fraction of sp³-hybridized carbons (Fsp3) is 0.867. The van der Waals surface area contributed by atoms with Crippen LogP contribution in [0.15, 0.2) is 12.2 Å². The molecule has 0 aromatic rings. The Bertz CT molecular complexity index is 177. The van der Waals surface area contributed by atoms with Gasteiger partial charge in [-0.05, 0) is 32.1 Å². The molecular weight excluding hydrogens is 228 g/mol. The molecule has 0 unspecified atom stereocenters. The molecular formula is C15H30O3. The highest BCUT2D eigenvalue weighted by Gasteiger charge is 2.03. The average molecular weight is 258 g/mol. The highest BCUT2D eigenvalue weighted by Crippen LogP contribution is 2.11. The van der Waals surface area contributed by atoms with E-state index in [2.05, 4.69) is 12.2 Å². The summed E-state index contributed by atoms with van der Waals surface area (Å²) < 4.78 is 10.3. The van der Waals surface area contributed by atoms with Crippen molar-refractivity contribution in [3.05, 3.63) is 12.2 Å². The predicted octanol–water partition coefficient (Wildman–Crippen LogP) is 3.66. The van der Waals surface area contributed by atoms with Gasteiger partial charge in [-0.2, -0.15) is 0 Å². The maximum atomic E-state index is 8.60. The second-order valence-corrected chi connectivity index (χ2v) is 4.58. The average Bonchev–Trinajstić information content (AvgIpc) is 2.40. The van der Waals surface area contributed by atoms with Crippen molar-refractivity contribution in [3.8, 4) is 0 Å². The number of allylic oxidation sites excluding steroid dienone is 1. The Labute approximate surface area is 112 Å². The second kappa shape index (κ2) is 14.7. The maximum absolute atomic E-state index is 8.60. The lowest BCUT2D eigenvalue weighted by Gasteiger charge is -2.12. The number of unbranched alkanes of at least 4 members (excludes halogenated alkanes) is 6. The van der Waals surface area contributed by atoms with Gasteiger partial charge in [0.1, 0.15) is 0 Å². The van der Waals surface area contributed by atoms with Gasteiger partial charge < -0.3 is 14.6 Å². The minimum Gasteiger partial charge on any atom is -0.396 e. The molecule has 0 heterocycles. The molecule has 0 amide bonds. The van der Waals surface area contributed by atoms with Crippen molar-refractivity contribution in [2.75, 3.05) is 20.8 Å². The van der Waals surface area contributed by atoms with Crippen LogP contribution in [-0.4, -0.2) is 32.2 Å². The summed E-state index contributed by atoms with van der Waals surface area (Å²) in [5.41, 5.74) is 0. The fourth-order valence-corrected chi connectivity index (χ4v) is 1.92. The van der Waals surface area contributed by atoms with Gasteiger partial charge in [0.05, 0.1) is 0 Å². The number of hydrogen-bond donors (Lipinski definition) is 1. The molecule has 0 aromatic carbocycles. The van der Waals surface area contributed by atoms with Crippen LogP contribution < -0.4 is 0 Å². The van der Waals surface area contributed by atoms with E-state index in [0.717, 1.165) is 19.3 Å². The van der Waals surface area contributed by atoms with Crippen LogP contribution in [0, 0.1) is 0 Å². The summed E-state index contributed by atoms with van der Waals surface area (Å²) in [5.74, 6) is 0. The molecule has 18 heavy (non-hydrogen) atoms. The van der Waals surface area contributed by atoms with Crippen molar-refractivity contribution < 1.29 is 14.6 Å². The smallest absolute Gasteiger partial charge is 0.156 e. The van der Waals surface area contributed by atoms with Crippen LogP contribution in [0.25, 0.3) is 0 Å². The molecule has 0 saturated heterocycles. The summed E-state index contributed by atoms with van der Waals surface area (Å²) in [6.07, 6.45) is 14.8. The third-order valence-electron chi connectivity index (χ3n) is 3.05. The number of aliphatic hydroxyl groups excluding tert-OH is 1. The van der Waals surface area contributed by atoms with Crippen LogP contribution >= 0.6 is 0 Å². The Morgan fingerprint density at radius 3 is 2.00 bits per heavy atom. The van der Waals surface area contributed by atoms with E-state index in [9.17, 15) is 0 Å². The van der Waals surface area contributed by atoms with Gasteiger partial charge in [-0.25, -0.2) is 0 Å². The van der Waals surface area contributed by atoms with Crippen molar-refractivity contribution in [3.63, 3.8) is 0 Å². The molecule has 1 N–H and O–H groups in total. The number of rotatable bonds is 13. The van der Waals surface area contributed by atoms with Gasteiger partial charge in [-0.15, -0.1) is 0 Å². The summed E-state index contributed by atoms with van der Waals surface area (Å²) >= 11 is 0. The molecule has 0 aliphatic rings. The Hall–Kier alpha value is -0.380. The second-order valence-electron chi connectivity index (χ2n) is 4.58. The standard InChI is InChI=1S/C15H30O3/c1-17-15(18-2)13-11-9-7-5-3-4-6-8-10-12-14-16/h8,10,15-16H,3-7,9,11-14H2,1-2H3/b10-8-. The molecule has 0 saturated carbocycles. The highest BCUT2D eigenvalue weighted by molar-refractivity contribution is 4.80. The van der Waals surface area contributed by atoms with Crippen molar-refractivity contribution in [1.82, 2.24) is 0 Å². The minimum atomic E-state index is -0.0262. The molecule has 0 atom stereocenters. The molecule has 0 aliphatic carbocycles. The Kier molecular flexibility index (Phi) is 14.4. The first-order valence-electron chi connectivity index (χ1n) is 7.16. The predicted molar refractivity (Wildman–Crippen MR) is 75.6 cm³/mol. The molecule has 0 radical (unpaired) electrons. The molecule has 0 aliphatic heterocycles. The lowest BCUT2D eigenvalue weighted by Crippen LogP contribution is -2.12. The lowest BCUT2D eigenvalue weighted by molar-refractivity contribution is -0.107. The van der Waals surface area contributed by atoms with E-state index in [1.165, 1.54) is 38.5 Å². The maximum Gasteiger partial charge on any atom is 0.156 e. The first-order valence-corrected chi connectivity index (χ1v) is 7.16. The topological polar surface area (TPSA) is 38.7 Å². The van der Waals surface area contributed by atoms with Crippen LogP contribution in [0.3, 0.4) is 0 Å². The summed E-state index contributed by atoms with van der Waals surface area (Å²) in [4.78, 5) is 0. The first-order chi connectivity index (χ1) is 8.85. The van der Waals surface area contributed by atoms with Crippen LogP contribution in [-0.2, 0) is 9.47 Å². The summed E-state index contributed by atoms with van der Waals surface area (Å²) in [5, 5.41) is 8.60. The zero-order valence-electron chi connectivity index (χ0n) is 12.1. The SMILES string of the molecule is COC(CCCCCCCC/C=C\CCO)OC. The monoisotopic (exact) mass is 258 g/mol. The molecule has 3 heteroatoms. The molecule has 3 nitrogen and oxygen atoms in total. The normalized spacial score (nSPS) is 11.8. The molecule has 0 bridgehead atoms. The third kappa shape index (κ3) is 12.1. The van der Waals surface area contributed by atoms with Gasteiger partial charge in [0, 0.05) is 20.8 Å². The summed E-state index contributed by atoms with van der Waals surface area (Å²) in [6.45, 7) is 0.264. The molecule has 108 valence electrons. The van der Waals surface area contributed by atoms with E-state index in [-0.39, 0.29) is 12.9 Å². The zero-order valence-corrected chi connectivity index (χ0v) is 12.1. The van der Waals surface area contributed by atoms with Crippen LogP contribution in [0.5, 0.6) is 0 Å². The third-order valence-corrected chi connectivity index (χ3v) is 3.05. The fourth-order valence-electron chi connectivity index (χ4n) is 1.92. The van der Waals surface area contributed by atoms with Gasteiger partial charge in [-0.3, -0.25) is 0 Å². The Morgan fingerprint density at radius 2 is 1.39 bits per heavy atom. The number of methoxy groups -OCH3 is 2. The van der Waals surface area contributed by atoms with Crippen LogP contribution in [0.1, 0.15) is 57.8 Å². The Balaban J connectivity index is 3.11. The van der Waals surface area contributed by atoms with Gasteiger partial charge in [0.15, 0.2) is 6.29 Å². The van der Waals surface area contributed by atoms with E-state index in [1.807, 2.05) is 0 Å². The minimum absolute atomic E-state index is 0.0262.